The molecule has 5 heterocycles. The van der Waals surface area contributed by atoms with Gasteiger partial charge in [0.2, 0.25) is 0 Å². The summed E-state index contributed by atoms with van der Waals surface area (Å²) in [7, 11) is 0. The molecule has 0 saturated heterocycles. The van der Waals surface area contributed by atoms with Crippen LogP contribution >= 0.6 is 0 Å². The number of rotatable bonds is 4. The normalized spacial score (nSPS) is 15.6. The summed E-state index contributed by atoms with van der Waals surface area (Å²) in [6.07, 6.45) is 6.19. The number of hydrogen-bond acceptors (Lipinski definition) is 2. The molecule has 266 valence electrons. The SMILES string of the molecule is C1=Cc2nc1c(-c1ccccc1)c1ccc([nH]1)c(-c1ccccc1)c1nc(c(-c3ccccc3)c3ccc([nH]3)c2-c2ccccc2)[C@@H]2Cc3ccccc3C[C@H]12. The third kappa shape index (κ3) is 5.45. The highest BCUT2D eigenvalue weighted by molar-refractivity contribution is 5.97. The molecule has 8 aromatic rings. The smallest absolute Gasteiger partial charge is 0.0737 e. The van der Waals surface area contributed by atoms with E-state index in [9.17, 15) is 0 Å². The Hall–Kier alpha value is -7.04. The average molecular weight is 719 g/mol. The van der Waals surface area contributed by atoms with Gasteiger partial charge in [-0.15, -0.1) is 0 Å². The topological polar surface area (TPSA) is 57.4 Å². The van der Waals surface area contributed by atoms with E-state index < -0.39 is 0 Å². The van der Waals surface area contributed by atoms with Crippen molar-refractivity contribution in [3.63, 3.8) is 0 Å². The van der Waals surface area contributed by atoms with Crippen LogP contribution in [0.2, 0.25) is 0 Å². The number of fused-ring (bicyclic) bond motifs is 12. The van der Waals surface area contributed by atoms with Crippen molar-refractivity contribution in [1.82, 2.24) is 19.9 Å². The van der Waals surface area contributed by atoms with Gasteiger partial charge in [0.05, 0.1) is 22.8 Å². The number of aromatic nitrogens is 4. The van der Waals surface area contributed by atoms with Crippen LogP contribution in [0.3, 0.4) is 0 Å². The van der Waals surface area contributed by atoms with Crippen LogP contribution in [0.1, 0.15) is 45.7 Å². The zero-order valence-corrected chi connectivity index (χ0v) is 30.8. The molecule has 2 aliphatic heterocycles. The van der Waals surface area contributed by atoms with E-state index in [-0.39, 0.29) is 11.8 Å². The number of aromatic amines is 2. The molecule has 56 heavy (non-hydrogen) atoms. The number of nitrogens with zero attached hydrogens (tertiary/aromatic N) is 2. The molecule has 0 spiro atoms. The molecule has 11 rings (SSSR count). The number of hydrogen-bond donors (Lipinski definition) is 2. The second-order valence-corrected chi connectivity index (χ2v) is 15.0. The zero-order chi connectivity index (χ0) is 37.0. The van der Waals surface area contributed by atoms with E-state index in [2.05, 4.69) is 192 Å². The van der Waals surface area contributed by atoms with Gasteiger partial charge in [0.1, 0.15) is 0 Å². The van der Waals surface area contributed by atoms with E-state index in [4.69, 9.17) is 9.97 Å². The molecule has 0 amide bonds. The van der Waals surface area contributed by atoms with Crippen LogP contribution in [0.4, 0.5) is 0 Å². The molecule has 0 fully saturated rings. The van der Waals surface area contributed by atoms with E-state index >= 15 is 0 Å². The van der Waals surface area contributed by atoms with Crippen LogP contribution < -0.4 is 0 Å². The van der Waals surface area contributed by atoms with Gasteiger partial charge in [-0.1, -0.05) is 146 Å². The highest BCUT2D eigenvalue weighted by Crippen LogP contribution is 2.51. The predicted octanol–water partition coefficient (Wildman–Crippen LogP) is 12.8. The molecule has 2 N–H and O–H groups in total. The fourth-order valence-corrected chi connectivity index (χ4v) is 9.27. The summed E-state index contributed by atoms with van der Waals surface area (Å²) in [6.45, 7) is 0. The summed E-state index contributed by atoms with van der Waals surface area (Å²) in [5.41, 5.74) is 20.0. The van der Waals surface area contributed by atoms with Crippen molar-refractivity contribution in [2.24, 2.45) is 0 Å². The van der Waals surface area contributed by atoms with Crippen molar-refractivity contribution >= 4 is 34.2 Å². The Labute approximate surface area is 326 Å². The zero-order valence-electron chi connectivity index (χ0n) is 30.8. The maximum Gasteiger partial charge on any atom is 0.0737 e. The standard InChI is InChI=1S/C52H38N4/c1-5-15-33(16-6-1)47-41-25-26-42(53-41)48(34-17-7-2-8-18-34)44-28-30-46(55-44)50(36-21-11-4-12-22-36)52-40-32-38-24-14-13-23-37(38)31-39(40)51(56-52)49(35-19-9-3-10-20-35)45-29-27-43(47)54-45/h1-30,39-40,54-55H,31-32H2/t39-,40+. The monoisotopic (exact) mass is 718 g/mol. The molecule has 4 nitrogen and oxygen atoms in total. The first-order chi connectivity index (χ1) is 27.8. The molecule has 0 unspecified atom stereocenters. The van der Waals surface area contributed by atoms with Gasteiger partial charge >= 0.3 is 0 Å². The van der Waals surface area contributed by atoms with Crippen LogP contribution in [0, 0.1) is 0 Å². The van der Waals surface area contributed by atoms with Gasteiger partial charge in [-0.25, -0.2) is 4.98 Å². The van der Waals surface area contributed by atoms with Gasteiger partial charge in [0.25, 0.3) is 0 Å². The fraction of sp³-hybridized carbons (Fsp3) is 0.0769. The van der Waals surface area contributed by atoms with Crippen LogP contribution in [-0.4, -0.2) is 19.9 Å². The highest BCUT2D eigenvalue weighted by atomic mass is 14.8. The molecular formula is C52H38N4. The number of H-pyrrole nitrogens is 2. The van der Waals surface area contributed by atoms with Crippen LogP contribution in [0.5, 0.6) is 0 Å². The van der Waals surface area contributed by atoms with E-state index in [0.717, 1.165) is 102 Å². The maximum atomic E-state index is 5.89. The third-order valence-corrected chi connectivity index (χ3v) is 11.8. The second kappa shape index (κ2) is 13.4. The second-order valence-electron chi connectivity index (χ2n) is 15.0. The lowest BCUT2D eigenvalue weighted by Crippen LogP contribution is -2.19. The van der Waals surface area contributed by atoms with Gasteiger partial charge in [-0.3, -0.25) is 4.98 Å². The van der Waals surface area contributed by atoms with Crippen molar-refractivity contribution in [1.29, 1.82) is 0 Å². The summed E-state index contributed by atoms with van der Waals surface area (Å²) in [4.78, 5) is 19.2. The lowest BCUT2D eigenvalue weighted by molar-refractivity contribution is 0.525. The molecular weight excluding hydrogens is 681 g/mol. The predicted molar refractivity (Wildman–Crippen MR) is 231 cm³/mol. The van der Waals surface area contributed by atoms with Crippen molar-refractivity contribution in [3.8, 4) is 44.5 Å². The minimum absolute atomic E-state index is 0.188. The molecule has 3 aromatic heterocycles. The molecule has 5 aromatic carbocycles. The van der Waals surface area contributed by atoms with Gasteiger partial charge < -0.3 is 9.97 Å². The van der Waals surface area contributed by atoms with Crippen molar-refractivity contribution in [2.75, 3.05) is 0 Å². The Bertz CT molecular complexity index is 2760. The van der Waals surface area contributed by atoms with Gasteiger partial charge in [-0.05, 0) is 82.6 Å². The van der Waals surface area contributed by atoms with Crippen LogP contribution in [0.15, 0.2) is 170 Å². The molecule has 3 aliphatic rings. The highest BCUT2D eigenvalue weighted by Gasteiger charge is 2.40. The summed E-state index contributed by atoms with van der Waals surface area (Å²) in [6, 6.07) is 60.8. The van der Waals surface area contributed by atoms with E-state index in [1.54, 1.807) is 0 Å². The molecule has 4 heteroatoms. The lowest BCUT2D eigenvalue weighted by Gasteiger charge is -2.29. The molecule has 0 saturated carbocycles. The summed E-state index contributed by atoms with van der Waals surface area (Å²) < 4.78 is 0. The first-order valence-electron chi connectivity index (χ1n) is 19.5. The summed E-state index contributed by atoms with van der Waals surface area (Å²) in [5, 5.41) is 0. The van der Waals surface area contributed by atoms with Crippen LogP contribution in [0.25, 0.3) is 78.7 Å². The number of benzene rings is 5. The minimum Gasteiger partial charge on any atom is -0.354 e. The van der Waals surface area contributed by atoms with Gasteiger partial charge in [-0.2, -0.15) is 0 Å². The average Bonchev–Trinajstić information content (AvgIpc) is 4.09. The molecule has 0 radical (unpaired) electrons. The van der Waals surface area contributed by atoms with E-state index in [1.807, 2.05) is 0 Å². The Morgan fingerprint density at radius 1 is 0.339 bits per heavy atom. The maximum absolute atomic E-state index is 5.89. The van der Waals surface area contributed by atoms with E-state index in [0.29, 0.717) is 0 Å². The summed E-state index contributed by atoms with van der Waals surface area (Å²) >= 11 is 0. The largest absolute Gasteiger partial charge is 0.354 e. The Kier molecular flexibility index (Phi) is 7.73. The third-order valence-electron chi connectivity index (χ3n) is 11.8. The molecule has 1 aliphatic carbocycles. The molecule has 2 atom stereocenters. The molecule has 8 bridgehead atoms. The quantitative estimate of drug-likeness (QED) is 0.190. The Morgan fingerprint density at radius 2 is 0.661 bits per heavy atom. The van der Waals surface area contributed by atoms with Gasteiger partial charge in [0.15, 0.2) is 0 Å². The van der Waals surface area contributed by atoms with Crippen LogP contribution in [-0.2, 0) is 12.8 Å². The Balaban J connectivity index is 1.35. The van der Waals surface area contributed by atoms with Crippen molar-refractivity contribution in [2.45, 2.75) is 24.7 Å². The number of nitrogens with one attached hydrogen (secondary N) is 2. The summed E-state index contributed by atoms with van der Waals surface area (Å²) in [5.74, 6) is 0.377. The van der Waals surface area contributed by atoms with E-state index in [1.165, 1.54) is 11.1 Å². The lowest BCUT2D eigenvalue weighted by atomic mass is 9.72. The first kappa shape index (κ1) is 32.4. The minimum atomic E-state index is 0.188. The first-order valence-corrected chi connectivity index (χ1v) is 19.5. The van der Waals surface area contributed by atoms with Crippen molar-refractivity contribution < 1.29 is 0 Å². The van der Waals surface area contributed by atoms with Crippen molar-refractivity contribution in [3.05, 3.63) is 204 Å². The Morgan fingerprint density at radius 3 is 1.04 bits per heavy atom. The fourth-order valence-electron chi connectivity index (χ4n) is 9.27. The van der Waals surface area contributed by atoms with Gasteiger partial charge in [0, 0.05) is 56.2 Å².